The number of thiophene rings is 2. The lowest BCUT2D eigenvalue weighted by atomic mass is 10.1. The standard InChI is InChI=1S/C22H14S2/c1-3-10-19-17(6-1)13-21(23-19)15-8-5-9-16(12-15)22-14-18-7-2-4-11-20(18)24-22/h1-14H. The summed E-state index contributed by atoms with van der Waals surface area (Å²) in [5.41, 5.74) is 2.59. The van der Waals surface area contributed by atoms with Crippen LogP contribution in [0.5, 0.6) is 0 Å². The monoisotopic (exact) mass is 342 g/mol. The molecule has 0 amide bonds. The smallest absolute Gasteiger partial charge is 0.0355 e. The number of fused-ring (bicyclic) bond motifs is 2. The van der Waals surface area contributed by atoms with E-state index in [1.165, 1.54) is 41.1 Å². The first-order chi connectivity index (χ1) is 11.9. The van der Waals surface area contributed by atoms with E-state index in [4.69, 9.17) is 0 Å². The molecule has 3 aromatic carbocycles. The van der Waals surface area contributed by atoms with E-state index in [2.05, 4.69) is 84.9 Å². The summed E-state index contributed by atoms with van der Waals surface area (Å²) in [7, 11) is 0. The first kappa shape index (κ1) is 14.0. The first-order valence-electron chi connectivity index (χ1n) is 7.95. The average molecular weight is 342 g/mol. The minimum atomic E-state index is 1.30. The van der Waals surface area contributed by atoms with Crippen LogP contribution in [0.15, 0.2) is 84.9 Å². The van der Waals surface area contributed by atoms with Crippen molar-refractivity contribution >= 4 is 42.8 Å². The Morgan fingerprint density at radius 1 is 0.458 bits per heavy atom. The van der Waals surface area contributed by atoms with E-state index < -0.39 is 0 Å². The normalized spacial score (nSPS) is 11.3. The molecule has 0 N–H and O–H groups in total. The van der Waals surface area contributed by atoms with Crippen LogP contribution >= 0.6 is 22.7 Å². The Hall–Kier alpha value is -2.42. The van der Waals surface area contributed by atoms with Crippen LogP contribution in [-0.2, 0) is 0 Å². The molecule has 0 fully saturated rings. The van der Waals surface area contributed by atoms with E-state index in [9.17, 15) is 0 Å². The summed E-state index contributed by atoms with van der Waals surface area (Å²) in [5, 5.41) is 2.65. The average Bonchev–Trinajstić information content (AvgIpc) is 3.26. The van der Waals surface area contributed by atoms with Crippen molar-refractivity contribution in [3.63, 3.8) is 0 Å². The highest BCUT2D eigenvalue weighted by Gasteiger charge is 2.08. The lowest BCUT2D eigenvalue weighted by Crippen LogP contribution is -1.75. The van der Waals surface area contributed by atoms with Gasteiger partial charge in [-0.3, -0.25) is 0 Å². The second-order valence-electron chi connectivity index (χ2n) is 5.88. The van der Waals surface area contributed by atoms with E-state index in [0.717, 1.165) is 0 Å². The molecule has 2 heterocycles. The number of hydrogen-bond acceptors (Lipinski definition) is 2. The van der Waals surface area contributed by atoms with Crippen molar-refractivity contribution in [1.29, 1.82) is 0 Å². The Labute approximate surface area is 148 Å². The van der Waals surface area contributed by atoms with Crippen molar-refractivity contribution in [3.05, 3.63) is 84.9 Å². The van der Waals surface area contributed by atoms with Crippen LogP contribution in [0.2, 0.25) is 0 Å². The quantitative estimate of drug-likeness (QED) is 0.312. The summed E-state index contributed by atoms with van der Waals surface area (Å²) in [6, 6.07) is 30.7. The van der Waals surface area contributed by atoms with Crippen molar-refractivity contribution in [3.8, 4) is 20.9 Å². The van der Waals surface area contributed by atoms with Gasteiger partial charge in [0, 0.05) is 19.2 Å². The van der Waals surface area contributed by atoms with Gasteiger partial charge in [0.15, 0.2) is 0 Å². The maximum absolute atomic E-state index is 2.31. The molecule has 114 valence electrons. The summed E-state index contributed by atoms with van der Waals surface area (Å²) >= 11 is 3.73. The molecule has 0 spiro atoms. The fourth-order valence-corrected chi connectivity index (χ4v) is 5.19. The predicted octanol–water partition coefficient (Wildman–Crippen LogP) is 7.45. The Morgan fingerprint density at radius 2 is 0.958 bits per heavy atom. The molecule has 5 rings (SSSR count). The fourth-order valence-electron chi connectivity index (χ4n) is 3.07. The van der Waals surface area contributed by atoms with E-state index in [1.54, 1.807) is 0 Å². The van der Waals surface area contributed by atoms with Crippen LogP contribution in [-0.4, -0.2) is 0 Å². The van der Waals surface area contributed by atoms with Gasteiger partial charge in [0.25, 0.3) is 0 Å². The highest BCUT2D eigenvalue weighted by Crippen LogP contribution is 2.38. The second kappa shape index (κ2) is 5.59. The lowest BCUT2D eigenvalue weighted by Gasteiger charge is -2.01. The molecule has 5 aromatic rings. The second-order valence-corrected chi connectivity index (χ2v) is 8.05. The van der Waals surface area contributed by atoms with Gasteiger partial charge < -0.3 is 0 Å². The molecule has 0 aliphatic carbocycles. The molecule has 2 heteroatoms. The molecule has 2 aromatic heterocycles. The molecule has 0 aliphatic heterocycles. The van der Waals surface area contributed by atoms with Crippen molar-refractivity contribution in [2.24, 2.45) is 0 Å². The van der Waals surface area contributed by atoms with Crippen LogP contribution in [0, 0.1) is 0 Å². The van der Waals surface area contributed by atoms with E-state index in [-0.39, 0.29) is 0 Å². The SMILES string of the molecule is c1cc(-c2cc3ccccc3s2)cc(-c2cc3ccccc3s2)c1. The van der Waals surface area contributed by atoms with Gasteiger partial charge in [-0.1, -0.05) is 54.6 Å². The molecule has 0 radical (unpaired) electrons. The van der Waals surface area contributed by atoms with Crippen LogP contribution in [0.1, 0.15) is 0 Å². The summed E-state index contributed by atoms with van der Waals surface area (Å²) in [6.07, 6.45) is 0. The molecule has 0 nitrogen and oxygen atoms in total. The van der Waals surface area contributed by atoms with Crippen LogP contribution in [0.3, 0.4) is 0 Å². The fraction of sp³-hybridized carbons (Fsp3) is 0. The number of hydrogen-bond donors (Lipinski definition) is 0. The van der Waals surface area contributed by atoms with Gasteiger partial charge in [-0.15, -0.1) is 22.7 Å². The molecule has 0 saturated carbocycles. The molecule has 0 atom stereocenters. The molecular weight excluding hydrogens is 328 g/mol. The van der Waals surface area contributed by atoms with Crippen LogP contribution < -0.4 is 0 Å². The van der Waals surface area contributed by atoms with Gasteiger partial charge in [-0.2, -0.15) is 0 Å². The lowest BCUT2D eigenvalue weighted by molar-refractivity contribution is 1.69. The topological polar surface area (TPSA) is 0 Å². The van der Waals surface area contributed by atoms with Gasteiger partial charge in [0.1, 0.15) is 0 Å². The Bertz CT molecular complexity index is 1010. The highest BCUT2D eigenvalue weighted by atomic mass is 32.1. The summed E-state index contributed by atoms with van der Waals surface area (Å²) in [4.78, 5) is 2.67. The Kier molecular flexibility index (Phi) is 3.25. The summed E-state index contributed by atoms with van der Waals surface area (Å²) in [5.74, 6) is 0. The molecular formula is C22H14S2. The summed E-state index contributed by atoms with van der Waals surface area (Å²) in [6.45, 7) is 0. The molecule has 0 unspecified atom stereocenters. The van der Waals surface area contributed by atoms with Gasteiger partial charge in [-0.25, -0.2) is 0 Å². The van der Waals surface area contributed by atoms with Gasteiger partial charge in [0.2, 0.25) is 0 Å². The maximum Gasteiger partial charge on any atom is 0.0355 e. The van der Waals surface area contributed by atoms with Crippen molar-refractivity contribution < 1.29 is 0 Å². The van der Waals surface area contributed by atoms with Gasteiger partial charge in [0.05, 0.1) is 0 Å². The van der Waals surface area contributed by atoms with E-state index in [1.807, 2.05) is 22.7 Å². The Morgan fingerprint density at radius 3 is 1.46 bits per heavy atom. The minimum Gasteiger partial charge on any atom is -0.135 e. The van der Waals surface area contributed by atoms with Crippen LogP contribution in [0.4, 0.5) is 0 Å². The zero-order chi connectivity index (χ0) is 15.9. The Balaban J connectivity index is 1.62. The van der Waals surface area contributed by atoms with Crippen molar-refractivity contribution in [1.82, 2.24) is 0 Å². The number of rotatable bonds is 2. The number of benzene rings is 3. The van der Waals surface area contributed by atoms with Crippen LogP contribution in [0.25, 0.3) is 41.1 Å². The highest BCUT2D eigenvalue weighted by molar-refractivity contribution is 7.22. The first-order valence-corrected chi connectivity index (χ1v) is 9.58. The predicted molar refractivity (Wildman–Crippen MR) is 108 cm³/mol. The zero-order valence-corrected chi connectivity index (χ0v) is 14.5. The molecule has 0 aliphatic rings. The van der Waals surface area contributed by atoms with Gasteiger partial charge in [-0.05, 0) is 52.2 Å². The van der Waals surface area contributed by atoms with E-state index in [0.29, 0.717) is 0 Å². The molecule has 24 heavy (non-hydrogen) atoms. The van der Waals surface area contributed by atoms with Gasteiger partial charge >= 0.3 is 0 Å². The summed E-state index contributed by atoms with van der Waals surface area (Å²) < 4.78 is 2.69. The minimum absolute atomic E-state index is 1.30. The molecule has 0 saturated heterocycles. The maximum atomic E-state index is 2.31. The van der Waals surface area contributed by atoms with Crippen molar-refractivity contribution in [2.75, 3.05) is 0 Å². The largest absolute Gasteiger partial charge is 0.135 e. The third-order valence-corrected chi connectivity index (χ3v) is 6.61. The van der Waals surface area contributed by atoms with Crippen molar-refractivity contribution in [2.45, 2.75) is 0 Å². The third-order valence-electron chi connectivity index (χ3n) is 4.28. The van der Waals surface area contributed by atoms with E-state index >= 15 is 0 Å². The molecule has 0 bridgehead atoms. The zero-order valence-electron chi connectivity index (χ0n) is 12.9. The third kappa shape index (κ3) is 2.35.